The third-order valence-corrected chi connectivity index (χ3v) is 2.30. The molecule has 0 bridgehead atoms. The molecule has 82 valence electrons. The van der Waals surface area contributed by atoms with E-state index in [0.717, 1.165) is 6.42 Å². The summed E-state index contributed by atoms with van der Waals surface area (Å²) in [6.07, 6.45) is 0.731. The Morgan fingerprint density at radius 1 is 1.29 bits per heavy atom. The second-order valence-corrected chi connectivity index (χ2v) is 3.86. The van der Waals surface area contributed by atoms with E-state index in [1.54, 1.807) is 13.8 Å². The number of amides is 1. The number of carboxylic acid groups (broad SMARTS) is 1. The highest BCUT2D eigenvalue weighted by Gasteiger charge is 2.25. The first kappa shape index (κ1) is 12.9. The molecular weight excluding hydrogens is 182 g/mol. The van der Waals surface area contributed by atoms with Gasteiger partial charge in [0.25, 0.3) is 0 Å². The molecule has 0 aliphatic heterocycles. The molecule has 0 unspecified atom stereocenters. The number of hydrogen-bond acceptors (Lipinski definition) is 2. The predicted molar refractivity (Wildman–Crippen MR) is 53.9 cm³/mol. The van der Waals surface area contributed by atoms with Crippen LogP contribution in [0.15, 0.2) is 0 Å². The minimum absolute atomic E-state index is 0.0461. The second-order valence-electron chi connectivity index (χ2n) is 3.86. The van der Waals surface area contributed by atoms with E-state index in [1.165, 1.54) is 0 Å². The number of rotatable bonds is 5. The summed E-state index contributed by atoms with van der Waals surface area (Å²) in [7, 11) is 0. The van der Waals surface area contributed by atoms with Gasteiger partial charge in [0.05, 0.1) is 0 Å². The Labute approximate surface area is 84.7 Å². The first-order valence-corrected chi connectivity index (χ1v) is 4.93. The van der Waals surface area contributed by atoms with Crippen LogP contribution in [-0.4, -0.2) is 23.0 Å². The number of carboxylic acids is 1. The first-order valence-electron chi connectivity index (χ1n) is 4.93. The number of aliphatic carboxylic acids is 1. The highest BCUT2D eigenvalue weighted by molar-refractivity contribution is 5.84. The molecule has 0 heterocycles. The van der Waals surface area contributed by atoms with Gasteiger partial charge in [-0.15, -0.1) is 0 Å². The smallest absolute Gasteiger partial charge is 0.326 e. The fourth-order valence-corrected chi connectivity index (χ4v) is 1.00. The van der Waals surface area contributed by atoms with Crippen LogP contribution in [0.2, 0.25) is 0 Å². The van der Waals surface area contributed by atoms with Crippen molar-refractivity contribution in [3.63, 3.8) is 0 Å². The van der Waals surface area contributed by atoms with Gasteiger partial charge >= 0.3 is 5.97 Å². The molecule has 2 N–H and O–H groups in total. The number of nitrogens with one attached hydrogen (secondary N) is 1. The van der Waals surface area contributed by atoms with Gasteiger partial charge in [-0.1, -0.05) is 34.1 Å². The summed E-state index contributed by atoms with van der Waals surface area (Å²) >= 11 is 0. The lowest BCUT2D eigenvalue weighted by molar-refractivity contribution is -0.143. The molecule has 0 aromatic heterocycles. The van der Waals surface area contributed by atoms with E-state index in [1.807, 2.05) is 13.8 Å². The van der Waals surface area contributed by atoms with E-state index in [9.17, 15) is 9.59 Å². The molecule has 0 aromatic carbocycles. The quantitative estimate of drug-likeness (QED) is 0.703. The Kier molecular flexibility index (Phi) is 5.20. The van der Waals surface area contributed by atoms with Gasteiger partial charge in [0.2, 0.25) is 5.91 Å². The molecule has 0 radical (unpaired) electrons. The maximum Gasteiger partial charge on any atom is 0.326 e. The Balaban J connectivity index is 4.38. The van der Waals surface area contributed by atoms with Crippen molar-refractivity contribution in [1.29, 1.82) is 0 Å². The summed E-state index contributed by atoms with van der Waals surface area (Å²) in [4.78, 5) is 22.1. The van der Waals surface area contributed by atoms with E-state index in [2.05, 4.69) is 5.32 Å². The molecule has 14 heavy (non-hydrogen) atoms. The van der Waals surface area contributed by atoms with Crippen LogP contribution in [-0.2, 0) is 9.59 Å². The van der Waals surface area contributed by atoms with Crippen molar-refractivity contribution in [2.24, 2.45) is 11.8 Å². The van der Waals surface area contributed by atoms with Gasteiger partial charge in [-0.05, 0) is 5.92 Å². The normalized spacial score (nSPS) is 14.9. The highest BCUT2D eigenvalue weighted by Crippen LogP contribution is 2.08. The lowest BCUT2D eigenvalue weighted by Gasteiger charge is -2.21. The number of hydrogen-bond donors (Lipinski definition) is 2. The molecule has 0 saturated carbocycles. The summed E-state index contributed by atoms with van der Waals surface area (Å²) in [5.41, 5.74) is 0. The third-order valence-electron chi connectivity index (χ3n) is 2.30. The Morgan fingerprint density at radius 2 is 1.79 bits per heavy atom. The Morgan fingerprint density at radius 3 is 2.07 bits per heavy atom. The zero-order chi connectivity index (χ0) is 11.3. The topological polar surface area (TPSA) is 66.4 Å². The predicted octanol–water partition coefficient (Wildman–Crippen LogP) is 1.26. The standard InChI is InChI=1S/C10H19NO3/c1-5-7(4)8(10(13)14)11-9(12)6(2)3/h6-8H,5H2,1-4H3,(H,11,12)(H,13,14)/t7-,8-/m1/s1. The van der Waals surface area contributed by atoms with Crippen molar-refractivity contribution in [1.82, 2.24) is 5.32 Å². The van der Waals surface area contributed by atoms with Crippen molar-refractivity contribution in [3.8, 4) is 0 Å². The van der Waals surface area contributed by atoms with Gasteiger partial charge in [-0.3, -0.25) is 4.79 Å². The minimum atomic E-state index is -0.964. The van der Waals surface area contributed by atoms with Crippen LogP contribution < -0.4 is 5.32 Å². The largest absolute Gasteiger partial charge is 0.480 e. The molecule has 4 heteroatoms. The second kappa shape index (κ2) is 5.62. The lowest BCUT2D eigenvalue weighted by Crippen LogP contribution is -2.46. The van der Waals surface area contributed by atoms with Crippen molar-refractivity contribution in [2.45, 2.75) is 40.2 Å². The zero-order valence-corrected chi connectivity index (χ0v) is 9.20. The van der Waals surface area contributed by atoms with Crippen LogP contribution >= 0.6 is 0 Å². The molecule has 0 aliphatic rings. The van der Waals surface area contributed by atoms with Gasteiger partial charge in [0.1, 0.15) is 6.04 Å². The molecule has 0 aliphatic carbocycles. The van der Waals surface area contributed by atoms with E-state index in [-0.39, 0.29) is 17.7 Å². The van der Waals surface area contributed by atoms with Crippen LogP contribution in [0.3, 0.4) is 0 Å². The Hall–Kier alpha value is -1.06. The fourth-order valence-electron chi connectivity index (χ4n) is 1.00. The van der Waals surface area contributed by atoms with E-state index in [4.69, 9.17) is 5.11 Å². The van der Waals surface area contributed by atoms with E-state index < -0.39 is 12.0 Å². The molecule has 0 spiro atoms. The van der Waals surface area contributed by atoms with Crippen molar-refractivity contribution >= 4 is 11.9 Å². The third kappa shape index (κ3) is 3.77. The number of carbonyl (C=O) groups is 2. The zero-order valence-electron chi connectivity index (χ0n) is 9.20. The molecule has 0 saturated heterocycles. The Bertz CT molecular complexity index is 213. The van der Waals surface area contributed by atoms with Crippen LogP contribution in [0.5, 0.6) is 0 Å². The van der Waals surface area contributed by atoms with Gasteiger partial charge < -0.3 is 10.4 Å². The fraction of sp³-hybridized carbons (Fsp3) is 0.800. The molecule has 1 amide bonds. The average molecular weight is 201 g/mol. The van der Waals surface area contributed by atoms with Crippen LogP contribution in [0.25, 0.3) is 0 Å². The number of carbonyl (C=O) groups excluding carboxylic acids is 1. The van der Waals surface area contributed by atoms with Crippen molar-refractivity contribution < 1.29 is 14.7 Å². The van der Waals surface area contributed by atoms with Crippen LogP contribution in [0.4, 0.5) is 0 Å². The summed E-state index contributed by atoms with van der Waals surface area (Å²) in [6, 6.07) is -0.769. The van der Waals surface area contributed by atoms with Crippen molar-refractivity contribution in [3.05, 3.63) is 0 Å². The van der Waals surface area contributed by atoms with Crippen molar-refractivity contribution in [2.75, 3.05) is 0 Å². The lowest BCUT2D eigenvalue weighted by atomic mass is 9.98. The molecule has 2 atom stereocenters. The molecular formula is C10H19NO3. The summed E-state index contributed by atoms with van der Waals surface area (Å²) in [5, 5.41) is 11.4. The average Bonchev–Trinajstić information content (AvgIpc) is 2.11. The summed E-state index contributed by atoms with van der Waals surface area (Å²) < 4.78 is 0. The maximum absolute atomic E-state index is 11.3. The molecule has 0 fully saturated rings. The van der Waals surface area contributed by atoms with E-state index >= 15 is 0 Å². The highest BCUT2D eigenvalue weighted by atomic mass is 16.4. The van der Waals surface area contributed by atoms with Crippen LogP contribution in [0, 0.1) is 11.8 Å². The minimum Gasteiger partial charge on any atom is -0.480 e. The maximum atomic E-state index is 11.3. The summed E-state index contributed by atoms with van der Waals surface area (Å²) in [6.45, 7) is 7.21. The monoisotopic (exact) mass is 201 g/mol. The molecule has 0 aromatic rings. The van der Waals surface area contributed by atoms with Gasteiger partial charge in [-0.25, -0.2) is 4.79 Å². The summed E-state index contributed by atoms with van der Waals surface area (Å²) in [5.74, 6) is -1.40. The van der Waals surface area contributed by atoms with Gasteiger partial charge in [0, 0.05) is 5.92 Å². The first-order chi connectivity index (χ1) is 6.40. The molecule has 4 nitrogen and oxygen atoms in total. The van der Waals surface area contributed by atoms with Gasteiger partial charge in [0.15, 0.2) is 0 Å². The van der Waals surface area contributed by atoms with E-state index in [0.29, 0.717) is 0 Å². The molecule has 0 rings (SSSR count). The van der Waals surface area contributed by atoms with Gasteiger partial charge in [-0.2, -0.15) is 0 Å². The van der Waals surface area contributed by atoms with Crippen LogP contribution in [0.1, 0.15) is 34.1 Å². The SMILES string of the molecule is CC[C@@H](C)[C@@H](NC(=O)C(C)C)C(=O)O.